The Hall–Kier alpha value is -1.85. The number of hydrogen-bond donors (Lipinski definition) is 0. The van der Waals surface area contributed by atoms with Gasteiger partial charge in [0.15, 0.2) is 11.6 Å². The molecule has 0 unspecified atom stereocenters. The Kier molecular flexibility index (Phi) is 4.42. The summed E-state index contributed by atoms with van der Waals surface area (Å²) >= 11 is 11.3. The van der Waals surface area contributed by atoms with Gasteiger partial charge in [-0.2, -0.15) is 0 Å². The summed E-state index contributed by atoms with van der Waals surface area (Å²) in [5, 5.41) is 11.1. The smallest absolute Gasteiger partial charge is 0.313 e. The topological polar surface area (TPSA) is 52.4 Å². The third-order valence-electron chi connectivity index (χ3n) is 2.49. The van der Waals surface area contributed by atoms with Crippen molar-refractivity contribution in [3.63, 3.8) is 0 Å². The second kappa shape index (κ2) is 6.07. The second-order valence-electron chi connectivity index (χ2n) is 3.87. The Balaban J connectivity index is 2.37. The first kappa shape index (κ1) is 14.6. The molecule has 2 rings (SSSR count). The van der Waals surface area contributed by atoms with E-state index in [1.165, 1.54) is 24.3 Å². The standard InChI is InChI=1S/C13H8Cl2FNO3/c14-7-8-1-3-12(10(16)5-8)20-13-4-2-9(15)6-11(13)17(18)19/h1-6H,7H2. The van der Waals surface area contributed by atoms with Crippen molar-refractivity contribution in [3.8, 4) is 11.5 Å². The summed E-state index contributed by atoms with van der Waals surface area (Å²) in [5.41, 5.74) is 0.250. The van der Waals surface area contributed by atoms with Gasteiger partial charge in [0.2, 0.25) is 5.75 Å². The van der Waals surface area contributed by atoms with E-state index in [2.05, 4.69) is 0 Å². The third kappa shape index (κ3) is 3.18. The van der Waals surface area contributed by atoms with Crippen LogP contribution in [-0.2, 0) is 5.88 Å². The van der Waals surface area contributed by atoms with Gasteiger partial charge in [-0.05, 0) is 29.8 Å². The van der Waals surface area contributed by atoms with Crippen molar-refractivity contribution in [1.82, 2.24) is 0 Å². The number of rotatable bonds is 4. The van der Waals surface area contributed by atoms with E-state index in [1.54, 1.807) is 6.07 Å². The minimum absolute atomic E-state index is 0.0862. The number of hydrogen-bond acceptors (Lipinski definition) is 3. The number of ether oxygens (including phenoxy) is 1. The van der Waals surface area contributed by atoms with Gasteiger partial charge in [0, 0.05) is 17.0 Å². The van der Waals surface area contributed by atoms with E-state index in [1.807, 2.05) is 0 Å². The summed E-state index contributed by atoms with van der Waals surface area (Å²) in [6.07, 6.45) is 0. The van der Waals surface area contributed by atoms with Crippen molar-refractivity contribution >= 4 is 28.9 Å². The van der Waals surface area contributed by atoms with Crippen LogP contribution in [-0.4, -0.2) is 4.92 Å². The lowest BCUT2D eigenvalue weighted by molar-refractivity contribution is -0.385. The lowest BCUT2D eigenvalue weighted by Gasteiger charge is -2.08. The van der Waals surface area contributed by atoms with Gasteiger partial charge < -0.3 is 4.74 Å². The lowest BCUT2D eigenvalue weighted by atomic mass is 10.2. The highest BCUT2D eigenvalue weighted by Crippen LogP contribution is 2.34. The van der Waals surface area contributed by atoms with E-state index in [-0.39, 0.29) is 28.1 Å². The van der Waals surface area contributed by atoms with Gasteiger partial charge >= 0.3 is 5.69 Å². The molecule has 0 aliphatic heterocycles. The number of alkyl halides is 1. The molecule has 2 aromatic rings. The SMILES string of the molecule is O=[N+]([O-])c1cc(Cl)ccc1Oc1ccc(CCl)cc1F. The zero-order valence-corrected chi connectivity index (χ0v) is 11.5. The fourth-order valence-electron chi connectivity index (χ4n) is 1.55. The molecule has 0 atom stereocenters. The lowest BCUT2D eigenvalue weighted by Crippen LogP contribution is -1.95. The number of halogens is 3. The summed E-state index contributed by atoms with van der Waals surface area (Å²) in [5.74, 6) is -0.688. The van der Waals surface area contributed by atoms with Crippen molar-refractivity contribution in [2.75, 3.05) is 0 Å². The predicted molar refractivity (Wildman–Crippen MR) is 74.1 cm³/mol. The first-order valence-electron chi connectivity index (χ1n) is 5.47. The van der Waals surface area contributed by atoms with E-state index in [4.69, 9.17) is 27.9 Å². The molecule has 0 aliphatic carbocycles. The Labute approximate surface area is 123 Å². The van der Waals surface area contributed by atoms with Gasteiger partial charge in [-0.15, -0.1) is 11.6 Å². The molecule has 0 spiro atoms. The fourth-order valence-corrected chi connectivity index (χ4v) is 1.88. The van der Waals surface area contributed by atoms with Crippen LogP contribution >= 0.6 is 23.2 Å². The molecule has 0 fully saturated rings. The number of benzene rings is 2. The van der Waals surface area contributed by atoms with Crippen LogP contribution in [0.5, 0.6) is 11.5 Å². The van der Waals surface area contributed by atoms with Crippen LogP contribution in [0.2, 0.25) is 5.02 Å². The van der Waals surface area contributed by atoms with Crippen LogP contribution in [0.3, 0.4) is 0 Å². The minimum Gasteiger partial charge on any atom is -0.447 e. The summed E-state index contributed by atoms with van der Waals surface area (Å²) in [6, 6.07) is 8.04. The van der Waals surface area contributed by atoms with Crippen LogP contribution in [0.15, 0.2) is 36.4 Å². The summed E-state index contributed by atoms with van der Waals surface area (Å²) in [4.78, 5) is 10.3. The number of nitro benzene ring substituents is 1. The highest BCUT2D eigenvalue weighted by molar-refractivity contribution is 6.30. The van der Waals surface area contributed by atoms with Crippen molar-refractivity contribution in [2.45, 2.75) is 5.88 Å². The third-order valence-corrected chi connectivity index (χ3v) is 3.03. The zero-order valence-electron chi connectivity index (χ0n) is 9.98. The average Bonchev–Trinajstić information content (AvgIpc) is 2.42. The van der Waals surface area contributed by atoms with E-state index in [0.29, 0.717) is 5.56 Å². The summed E-state index contributed by atoms with van der Waals surface area (Å²) in [6.45, 7) is 0. The van der Waals surface area contributed by atoms with Gasteiger partial charge in [0.1, 0.15) is 0 Å². The first-order valence-corrected chi connectivity index (χ1v) is 6.38. The highest BCUT2D eigenvalue weighted by Gasteiger charge is 2.17. The van der Waals surface area contributed by atoms with Crippen molar-refractivity contribution in [3.05, 3.63) is 62.9 Å². The van der Waals surface area contributed by atoms with Crippen LogP contribution in [0.25, 0.3) is 0 Å². The molecule has 0 heterocycles. The molecule has 0 N–H and O–H groups in total. The van der Waals surface area contributed by atoms with Crippen LogP contribution in [0.4, 0.5) is 10.1 Å². The molecule has 0 radical (unpaired) electrons. The van der Waals surface area contributed by atoms with Gasteiger partial charge in [-0.1, -0.05) is 17.7 Å². The summed E-state index contributed by atoms with van der Waals surface area (Å²) in [7, 11) is 0. The molecule has 2 aromatic carbocycles. The molecular formula is C13H8Cl2FNO3. The zero-order chi connectivity index (χ0) is 14.7. The maximum absolute atomic E-state index is 13.8. The van der Waals surface area contributed by atoms with Gasteiger partial charge in [-0.25, -0.2) is 4.39 Å². The van der Waals surface area contributed by atoms with Gasteiger partial charge in [0.25, 0.3) is 0 Å². The number of nitrogens with zero attached hydrogens (tertiary/aromatic N) is 1. The Morgan fingerprint density at radius 1 is 1.20 bits per heavy atom. The molecule has 0 saturated carbocycles. The van der Waals surface area contributed by atoms with Gasteiger partial charge in [-0.3, -0.25) is 10.1 Å². The maximum atomic E-state index is 13.8. The molecule has 4 nitrogen and oxygen atoms in total. The minimum atomic E-state index is -0.647. The van der Waals surface area contributed by atoms with Crippen molar-refractivity contribution < 1.29 is 14.1 Å². The van der Waals surface area contributed by atoms with Crippen molar-refractivity contribution in [2.24, 2.45) is 0 Å². The monoisotopic (exact) mass is 315 g/mol. The molecule has 7 heteroatoms. The van der Waals surface area contributed by atoms with E-state index >= 15 is 0 Å². The molecule has 0 aliphatic rings. The molecule has 20 heavy (non-hydrogen) atoms. The summed E-state index contributed by atoms with van der Waals surface area (Å²) < 4.78 is 19.0. The highest BCUT2D eigenvalue weighted by atomic mass is 35.5. The molecule has 0 amide bonds. The normalized spacial score (nSPS) is 10.3. The van der Waals surface area contributed by atoms with Crippen LogP contribution in [0, 0.1) is 15.9 Å². The first-order chi connectivity index (χ1) is 9.51. The molecular weight excluding hydrogens is 308 g/mol. The maximum Gasteiger partial charge on any atom is 0.313 e. The predicted octanol–water partition coefficient (Wildman–Crippen LogP) is 4.92. The Morgan fingerprint density at radius 2 is 1.90 bits per heavy atom. The number of nitro groups is 1. The van der Waals surface area contributed by atoms with Gasteiger partial charge in [0.05, 0.1) is 4.92 Å². The quantitative estimate of drug-likeness (QED) is 0.457. The largest absolute Gasteiger partial charge is 0.447 e. The van der Waals surface area contributed by atoms with E-state index in [9.17, 15) is 14.5 Å². The fraction of sp³-hybridized carbons (Fsp3) is 0.0769. The molecule has 104 valence electrons. The molecule has 0 saturated heterocycles. The molecule has 0 bridgehead atoms. The second-order valence-corrected chi connectivity index (χ2v) is 4.57. The van der Waals surface area contributed by atoms with Crippen molar-refractivity contribution in [1.29, 1.82) is 0 Å². The van der Waals surface area contributed by atoms with E-state index in [0.717, 1.165) is 6.07 Å². The average molecular weight is 316 g/mol. The Bertz CT molecular complexity index is 664. The molecule has 0 aromatic heterocycles. The van der Waals surface area contributed by atoms with Crippen LogP contribution < -0.4 is 4.74 Å². The van der Waals surface area contributed by atoms with E-state index < -0.39 is 10.7 Å². The van der Waals surface area contributed by atoms with Crippen LogP contribution in [0.1, 0.15) is 5.56 Å². The Morgan fingerprint density at radius 3 is 2.50 bits per heavy atom.